The molecule has 10 heteroatoms. The molecule has 0 fully saturated rings. The van der Waals surface area contributed by atoms with Crippen molar-refractivity contribution in [3.8, 4) is 5.75 Å². The Hall–Kier alpha value is -2.39. The summed E-state index contributed by atoms with van der Waals surface area (Å²) in [6.07, 6.45) is 4.14. The van der Waals surface area contributed by atoms with E-state index in [-0.39, 0.29) is 6.42 Å². The van der Waals surface area contributed by atoms with Crippen LogP contribution in [0.5, 0.6) is 5.75 Å². The monoisotopic (exact) mass is 453 g/mol. The molecule has 1 rings (SSSR count). The average molecular weight is 453 g/mol. The maximum atomic E-state index is 13.8. The molecule has 1 unspecified atom stereocenters. The lowest BCUT2D eigenvalue weighted by atomic mass is 10.1. The molecule has 1 aromatic rings. The number of halogens is 5. The zero-order chi connectivity index (χ0) is 23.8. The summed E-state index contributed by atoms with van der Waals surface area (Å²) in [6, 6.07) is -1.41. The molecule has 0 spiro atoms. The van der Waals surface area contributed by atoms with Crippen molar-refractivity contribution in [3.63, 3.8) is 0 Å². The summed E-state index contributed by atoms with van der Waals surface area (Å²) >= 11 is 0. The normalized spacial score (nSPS) is 12.4. The van der Waals surface area contributed by atoms with Crippen LogP contribution in [0.25, 0.3) is 0 Å². The summed E-state index contributed by atoms with van der Waals surface area (Å²) in [7, 11) is 0. The number of unbranched alkanes of at least 4 members (excludes halogenated alkanes) is 5. The second-order valence-corrected chi connectivity index (χ2v) is 8.08. The molecule has 176 valence electrons. The highest BCUT2D eigenvalue weighted by Gasteiger charge is 2.32. The van der Waals surface area contributed by atoms with Gasteiger partial charge in [-0.3, -0.25) is 0 Å². The minimum absolute atomic E-state index is 0.0274. The summed E-state index contributed by atoms with van der Waals surface area (Å²) < 4.78 is 77.1. The Kier molecular flexibility index (Phi) is 10.2. The first-order chi connectivity index (χ1) is 14.4. The van der Waals surface area contributed by atoms with E-state index in [4.69, 9.17) is 4.74 Å². The highest BCUT2D eigenvalue weighted by molar-refractivity contribution is 5.83. The van der Waals surface area contributed by atoms with Gasteiger partial charge in [-0.2, -0.15) is 8.78 Å². The molecule has 0 aliphatic rings. The van der Waals surface area contributed by atoms with Gasteiger partial charge in [-0.25, -0.2) is 22.8 Å². The molecule has 0 heterocycles. The Bertz CT molecular complexity index is 751. The van der Waals surface area contributed by atoms with Crippen molar-refractivity contribution in [1.29, 1.82) is 0 Å². The molecule has 0 saturated carbocycles. The lowest BCUT2D eigenvalue weighted by molar-refractivity contribution is -0.137. The van der Waals surface area contributed by atoms with Crippen molar-refractivity contribution < 1.29 is 41.0 Å². The van der Waals surface area contributed by atoms with Gasteiger partial charge in [0.1, 0.15) is 11.6 Å². The van der Waals surface area contributed by atoms with Gasteiger partial charge < -0.3 is 14.8 Å². The van der Waals surface area contributed by atoms with E-state index in [1.165, 1.54) is 0 Å². The smallest absolute Gasteiger partial charge is 0.408 e. The van der Waals surface area contributed by atoms with Crippen molar-refractivity contribution in [3.05, 3.63) is 29.1 Å². The Balaban J connectivity index is 2.96. The van der Waals surface area contributed by atoms with Gasteiger partial charge in [0.25, 0.3) is 0 Å². The Labute approximate surface area is 178 Å². The van der Waals surface area contributed by atoms with E-state index in [9.17, 15) is 31.5 Å². The minimum atomic E-state index is -2.37. The molecule has 0 aliphatic heterocycles. The van der Waals surface area contributed by atoms with Crippen molar-refractivity contribution in [2.75, 3.05) is 0 Å². The van der Waals surface area contributed by atoms with E-state index in [1.807, 2.05) is 0 Å². The van der Waals surface area contributed by atoms with E-state index in [0.717, 1.165) is 25.7 Å². The third-order valence-electron chi connectivity index (χ3n) is 4.19. The standard InChI is InChI=1S/C21H28F5NO4/c1-5-6-7-8-9-10-11-12(27-20(29)31-21(2,3)4)19(28)30-18-16(25)14(23)13(22)15(24)17(18)26/h12H,5-11H2,1-4H3,(H,27,29). The van der Waals surface area contributed by atoms with Crippen LogP contribution >= 0.6 is 0 Å². The third-order valence-corrected chi connectivity index (χ3v) is 4.19. The summed E-state index contributed by atoms with van der Waals surface area (Å²) in [5.41, 5.74) is -0.889. The first-order valence-corrected chi connectivity index (χ1v) is 10.1. The molecular weight excluding hydrogens is 425 g/mol. The molecule has 0 aliphatic carbocycles. The molecular formula is C21H28F5NO4. The lowest BCUT2D eigenvalue weighted by Crippen LogP contribution is -2.45. The molecule has 1 aromatic carbocycles. The number of ether oxygens (including phenoxy) is 2. The molecule has 0 aromatic heterocycles. The highest BCUT2D eigenvalue weighted by atomic mass is 19.2. The van der Waals surface area contributed by atoms with Gasteiger partial charge in [0, 0.05) is 0 Å². The molecule has 1 N–H and O–H groups in total. The Morgan fingerprint density at radius 3 is 1.84 bits per heavy atom. The Morgan fingerprint density at radius 1 is 0.839 bits per heavy atom. The fraction of sp³-hybridized carbons (Fsp3) is 0.619. The zero-order valence-corrected chi connectivity index (χ0v) is 18.0. The molecule has 31 heavy (non-hydrogen) atoms. The van der Waals surface area contributed by atoms with E-state index in [2.05, 4.69) is 17.0 Å². The number of alkyl carbamates (subject to hydrolysis) is 1. The van der Waals surface area contributed by atoms with E-state index in [0.29, 0.717) is 12.8 Å². The Morgan fingerprint density at radius 2 is 1.32 bits per heavy atom. The van der Waals surface area contributed by atoms with E-state index >= 15 is 0 Å². The van der Waals surface area contributed by atoms with Crippen LogP contribution in [0, 0.1) is 29.1 Å². The van der Waals surface area contributed by atoms with Crippen molar-refractivity contribution in [2.45, 2.75) is 84.3 Å². The molecule has 1 amide bonds. The van der Waals surface area contributed by atoms with Crippen LogP contribution in [0.4, 0.5) is 26.7 Å². The van der Waals surface area contributed by atoms with E-state index < -0.39 is 58.5 Å². The number of hydrogen-bond donors (Lipinski definition) is 1. The molecule has 0 saturated heterocycles. The number of nitrogens with one attached hydrogen (secondary N) is 1. The maximum Gasteiger partial charge on any atom is 0.408 e. The quantitative estimate of drug-likeness (QED) is 0.119. The fourth-order valence-corrected chi connectivity index (χ4v) is 2.67. The number of benzene rings is 1. The molecule has 0 bridgehead atoms. The molecule has 1 atom stereocenters. The maximum absolute atomic E-state index is 13.8. The van der Waals surface area contributed by atoms with Crippen molar-refractivity contribution in [2.24, 2.45) is 0 Å². The number of esters is 1. The first kappa shape index (κ1) is 26.6. The van der Waals surface area contributed by atoms with Crippen LogP contribution < -0.4 is 10.1 Å². The van der Waals surface area contributed by atoms with Crippen LogP contribution in [-0.2, 0) is 9.53 Å². The summed E-state index contributed by atoms with van der Waals surface area (Å²) in [5, 5.41) is 2.23. The topological polar surface area (TPSA) is 64.6 Å². The highest BCUT2D eigenvalue weighted by Crippen LogP contribution is 2.29. The van der Waals surface area contributed by atoms with Gasteiger partial charge in [0.2, 0.25) is 34.8 Å². The first-order valence-electron chi connectivity index (χ1n) is 10.1. The summed E-state index contributed by atoms with van der Waals surface area (Å²) in [6.45, 7) is 6.81. The van der Waals surface area contributed by atoms with E-state index in [1.54, 1.807) is 20.8 Å². The minimum Gasteiger partial charge on any atom is -0.444 e. The number of rotatable bonds is 10. The SMILES string of the molecule is CCCCCCCCC(NC(=O)OC(C)(C)C)C(=O)Oc1c(F)c(F)c(F)c(F)c1F. The summed E-state index contributed by atoms with van der Waals surface area (Å²) in [5.74, 6) is -14.5. The number of carbonyl (C=O) groups is 2. The summed E-state index contributed by atoms with van der Waals surface area (Å²) in [4.78, 5) is 24.5. The predicted octanol–water partition coefficient (Wildman–Crippen LogP) is 5.93. The average Bonchev–Trinajstić information content (AvgIpc) is 2.68. The van der Waals surface area contributed by atoms with Crippen LogP contribution in [-0.4, -0.2) is 23.7 Å². The van der Waals surface area contributed by atoms with Gasteiger partial charge in [-0.05, 0) is 27.2 Å². The fourth-order valence-electron chi connectivity index (χ4n) is 2.67. The van der Waals surface area contributed by atoms with Gasteiger partial charge in [-0.1, -0.05) is 45.4 Å². The third kappa shape index (κ3) is 8.34. The van der Waals surface area contributed by atoms with Crippen molar-refractivity contribution >= 4 is 12.1 Å². The van der Waals surface area contributed by atoms with Gasteiger partial charge in [0.15, 0.2) is 0 Å². The molecule has 5 nitrogen and oxygen atoms in total. The van der Waals surface area contributed by atoms with Crippen LogP contribution in [0.3, 0.4) is 0 Å². The van der Waals surface area contributed by atoms with Gasteiger partial charge in [-0.15, -0.1) is 0 Å². The van der Waals surface area contributed by atoms with Crippen molar-refractivity contribution in [1.82, 2.24) is 5.32 Å². The van der Waals surface area contributed by atoms with Crippen LogP contribution in [0.1, 0.15) is 72.6 Å². The second kappa shape index (κ2) is 11.9. The lowest BCUT2D eigenvalue weighted by Gasteiger charge is -2.23. The molecule has 0 radical (unpaired) electrons. The van der Waals surface area contributed by atoms with Gasteiger partial charge >= 0.3 is 12.1 Å². The zero-order valence-electron chi connectivity index (χ0n) is 18.0. The second-order valence-electron chi connectivity index (χ2n) is 8.08. The van der Waals surface area contributed by atoms with Crippen LogP contribution in [0.2, 0.25) is 0 Å². The predicted molar refractivity (Wildman–Crippen MR) is 103 cm³/mol. The van der Waals surface area contributed by atoms with Crippen LogP contribution in [0.15, 0.2) is 0 Å². The largest absolute Gasteiger partial charge is 0.444 e. The van der Waals surface area contributed by atoms with Gasteiger partial charge in [0.05, 0.1) is 0 Å². The number of carbonyl (C=O) groups excluding carboxylic acids is 2. The number of amides is 1. The number of hydrogen-bond acceptors (Lipinski definition) is 4.